The molecule has 124 valence electrons. The molecule has 0 aliphatic rings. The number of halogens is 2. The minimum absolute atomic E-state index is 0.194. The number of amides is 1. The average molecular weight is 330 g/mol. The standard InChI is InChI=1S/C18H16F2N2O2/c1-10(17(23)12-5-6-14(19)15(20)9-12)22-18(24)13-4-2-3-11-7-8-21-16(11)13/h2-10,17,21,23H,1H3,(H,22,24). The minimum Gasteiger partial charge on any atom is -0.386 e. The quantitative estimate of drug-likeness (QED) is 0.687. The van der Waals surface area contributed by atoms with Crippen LogP contribution in [-0.4, -0.2) is 22.0 Å². The Morgan fingerprint density at radius 2 is 1.96 bits per heavy atom. The summed E-state index contributed by atoms with van der Waals surface area (Å²) in [4.78, 5) is 15.4. The van der Waals surface area contributed by atoms with E-state index >= 15 is 0 Å². The lowest BCUT2D eigenvalue weighted by Gasteiger charge is -2.21. The van der Waals surface area contributed by atoms with E-state index in [1.807, 2.05) is 12.1 Å². The first kappa shape index (κ1) is 16.1. The number of para-hydroxylation sites is 1. The molecular weight excluding hydrogens is 314 g/mol. The van der Waals surface area contributed by atoms with Crippen LogP contribution in [0.1, 0.15) is 28.9 Å². The Balaban J connectivity index is 1.78. The smallest absolute Gasteiger partial charge is 0.253 e. The van der Waals surface area contributed by atoms with Gasteiger partial charge in [-0.3, -0.25) is 4.79 Å². The van der Waals surface area contributed by atoms with Gasteiger partial charge in [0.15, 0.2) is 11.6 Å². The maximum absolute atomic E-state index is 13.3. The Hall–Kier alpha value is -2.73. The van der Waals surface area contributed by atoms with Gasteiger partial charge in [0.05, 0.1) is 23.2 Å². The Kier molecular flexibility index (Phi) is 4.31. The van der Waals surface area contributed by atoms with Crippen LogP contribution in [0, 0.1) is 11.6 Å². The van der Waals surface area contributed by atoms with Crippen molar-refractivity contribution in [2.45, 2.75) is 19.1 Å². The monoisotopic (exact) mass is 330 g/mol. The van der Waals surface area contributed by atoms with E-state index in [0.717, 1.165) is 17.5 Å². The van der Waals surface area contributed by atoms with Crippen LogP contribution in [0.4, 0.5) is 8.78 Å². The molecule has 3 N–H and O–H groups in total. The summed E-state index contributed by atoms with van der Waals surface area (Å²) in [5.74, 6) is -2.39. The summed E-state index contributed by atoms with van der Waals surface area (Å²) in [5.41, 5.74) is 1.34. The molecule has 0 fully saturated rings. The number of aliphatic hydroxyl groups is 1. The number of aromatic amines is 1. The summed E-state index contributed by atoms with van der Waals surface area (Å²) in [7, 11) is 0. The van der Waals surface area contributed by atoms with Crippen molar-refractivity contribution in [3.8, 4) is 0 Å². The zero-order valence-electron chi connectivity index (χ0n) is 12.9. The summed E-state index contributed by atoms with van der Waals surface area (Å²) in [6, 6.07) is 9.64. The Labute approximate surface area is 137 Å². The first-order chi connectivity index (χ1) is 11.5. The molecule has 6 heteroatoms. The number of aromatic nitrogens is 1. The highest BCUT2D eigenvalue weighted by molar-refractivity contribution is 6.05. The molecule has 2 aromatic carbocycles. The van der Waals surface area contributed by atoms with Crippen LogP contribution in [0.2, 0.25) is 0 Å². The average Bonchev–Trinajstić information content (AvgIpc) is 3.05. The summed E-state index contributed by atoms with van der Waals surface area (Å²) in [5, 5.41) is 13.8. The lowest BCUT2D eigenvalue weighted by Crippen LogP contribution is -2.37. The molecule has 0 bridgehead atoms. The highest BCUT2D eigenvalue weighted by Crippen LogP contribution is 2.21. The van der Waals surface area contributed by atoms with Crippen LogP contribution in [0.3, 0.4) is 0 Å². The second kappa shape index (κ2) is 6.41. The van der Waals surface area contributed by atoms with Crippen molar-refractivity contribution < 1.29 is 18.7 Å². The van der Waals surface area contributed by atoms with Crippen LogP contribution >= 0.6 is 0 Å². The SMILES string of the molecule is CC(NC(=O)c1cccc2cc[nH]c12)C(O)c1ccc(F)c(F)c1. The van der Waals surface area contributed by atoms with Crippen LogP contribution in [-0.2, 0) is 0 Å². The molecule has 0 spiro atoms. The maximum atomic E-state index is 13.3. The van der Waals surface area contributed by atoms with Gasteiger partial charge < -0.3 is 15.4 Å². The molecule has 4 nitrogen and oxygen atoms in total. The van der Waals surface area contributed by atoms with Crippen molar-refractivity contribution in [3.63, 3.8) is 0 Å². The van der Waals surface area contributed by atoms with Gasteiger partial charge in [-0.15, -0.1) is 0 Å². The number of hydrogen-bond acceptors (Lipinski definition) is 2. The largest absolute Gasteiger partial charge is 0.386 e. The second-order valence-corrected chi connectivity index (χ2v) is 5.63. The van der Waals surface area contributed by atoms with Gasteiger partial charge in [0.25, 0.3) is 5.91 Å². The Bertz CT molecular complexity index is 892. The van der Waals surface area contributed by atoms with E-state index in [1.165, 1.54) is 6.07 Å². The first-order valence-electron chi connectivity index (χ1n) is 7.47. The van der Waals surface area contributed by atoms with Crippen LogP contribution in [0.15, 0.2) is 48.7 Å². The third-order valence-electron chi connectivity index (χ3n) is 3.95. The van der Waals surface area contributed by atoms with Crippen molar-refractivity contribution in [2.75, 3.05) is 0 Å². The fourth-order valence-electron chi connectivity index (χ4n) is 2.62. The summed E-state index contributed by atoms with van der Waals surface area (Å²) in [6.45, 7) is 1.60. The number of fused-ring (bicyclic) bond motifs is 1. The van der Waals surface area contributed by atoms with Gasteiger partial charge in [-0.05, 0) is 36.8 Å². The van der Waals surface area contributed by atoms with Crippen molar-refractivity contribution in [2.24, 2.45) is 0 Å². The van der Waals surface area contributed by atoms with Crippen molar-refractivity contribution in [1.29, 1.82) is 0 Å². The highest BCUT2D eigenvalue weighted by Gasteiger charge is 2.21. The molecule has 0 saturated heterocycles. The van der Waals surface area contributed by atoms with Gasteiger partial charge in [0.1, 0.15) is 0 Å². The number of aliphatic hydroxyl groups excluding tert-OH is 1. The third kappa shape index (κ3) is 3.00. The molecule has 1 heterocycles. The second-order valence-electron chi connectivity index (χ2n) is 5.63. The molecule has 2 atom stereocenters. The van der Waals surface area contributed by atoms with E-state index in [2.05, 4.69) is 10.3 Å². The fourth-order valence-corrected chi connectivity index (χ4v) is 2.62. The zero-order chi connectivity index (χ0) is 17.3. The number of rotatable bonds is 4. The van der Waals surface area contributed by atoms with E-state index in [9.17, 15) is 18.7 Å². The number of carbonyl (C=O) groups excluding carboxylic acids is 1. The zero-order valence-corrected chi connectivity index (χ0v) is 12.9. The molecular formula is C18H16F2N2O2. The molecule has 1 aromatic heterocycles. The molecule has 0 aliphatic carbocycles. The maximum Gasteiger partial charge on any atom is 0.253 e. The number of nitrogens with one attached hydrogen (secondary N) is 2. The van der Waals surface area contributed by atoms with E-state index < -0.39 is 23.8 Å². The first-order valence-corrected chi connectivity index (χ1v) is 7.47. The molecule has 0 radical (unpaired) electrons. The van der Waals surface area contributed by atoms with Gasteiger partial charge in [-0.2, -0.15) is 0 Å². The Morgan fingerprint density at radius 3 is 2.71 bits per heavy atom. The van der Waals surface area contributed by atoms with Crippen molar-refractivity contribution in [3.05, 3.63) is 71.4 Å². The molecule has 0 aliphatic heterocycles. The van der Waals surface area contributed by atoms with Crippen molar-refractivity contribution in [1.82, 2.24) is 10.3 Å². The Morgan fingerprint density at radius 1 is 1.17 bits per heavy atom. The highest BCUT2D eigenvalue weighted by atomic mass is 19.2. The van der Waals surface area contributed by atoms with Gasteiger partial charge in [0.2, 0.25) is 0 Å². The molecule has 24 heavy (non-hydrogen) atoms. The molecule has 2 unspecified atom stereocenters. The number of H-pyrrole nitrogens is 1. The topological polar surface area (TPSA) is 65.1 Å². The van der Waals surface area contributed by atoms with Gasteiger partial charge in [0, 0.05) is 11.6 Å². The fraction of sp³-hybridized carbons (Fsp3) is 0.167. The van der Waals surface area contributed by atoms with Crippen LogP contribution in [0.25, 0.3) is 10.9 Å². The van der Waals surface area contributed by atoms with E-state index in [0.29, 0.717) is 11.1 Å². The number of hydrogen-bond donors (Lipinski definition) is 3. The van der Waals surface area contributed by atoms with Gasteiger partial charge in [-0.25, -0.2) is 8.78 Å². The van der Waals surface area contributed by atoms with Gasteiger partial charge >= 0.3 is 0 Å². The van der Waals surface area contributed by atoms with Crippen LogP contribution in [0.5, 0.6) is 0 Å². The lowest BCUT2D eigenvalue weighted by atomic mass is 10.0. The van der Waals surface area contributed by atoms with Crippen LogP contribution < -0.4 is 5.32 Å². The third-order valence-corrected chi connectivity index (χ3v) is 3.95. The van der Waals surface area contributed by atoms with Gasteiger partial charge in [-0.1, -0.05) is 18.2 Å². The predicted molar refractivity (Wildman–Crippen MR) is 86.5 cm³/mol. The summed E-state index contributed by atoms with van der Waals surface area (Å²) in [6.07, 6.45) is 0.577. The van der Waals surface area contributed by atoms with E-state index in [1.54, 1.807) is 25.3 Å². The van der Waals surface area contributed by atoms with E-state index in [4.69, 9.17) is 0 Å². The van der Waals surface area contributed by atoms with E-state index in [-0.39, 0.29) is 11.5 Å². The summed E-state index contributed by atoms with van der Waals surface area (Å²) < 4.78 is 26.3. The predicted octanol–water partition coefficient (Wildman–Crippen LogP) is 3.30. The normalized spacial score (nSPS) is 13.7. The lowest BCUT2D eigenvalue weighted by molar-refractivity contribution is 0.0853. The summed E-state index contributed by atoms with van der Waals surface area (Å²) >= 11 is 0. The molecule has 0 saturated carbocycles. The minimum atomic E-state index is -1.16. The number of carbonyl (C=O) groups is 1. The molecule has 3 rings (SSSR count). The van der Waals surface area contributed by atoms with Crippen molar-refractivity contribution >= 4 is 16.8 Å². The number of benzene rings is 2. The molecule has 3 aromatic rings. The molecule has 1 amide bonds.